The van der Waals surface area contributed by atoms with E-state index in [4.69, 9.17) is 10.6 Å². The third kappa shape index (κ3) is 3.88. The fourth-order valence-electron chi connectivity index (χ4n) is 4.69. The van der Waals surface area contributed by atoms with Gasteiger partial charge in [0.05, 0.1) is 5.60 Å². The van der Waals surface area contributed by atoms with Crippen LogP contribution in [0.25, 0.3) is 0 Å². The van der Waals surface area contributed by atoms with Gasteiger partial charge in [-0.2, -0.15) is 0 Å². The predicted octanol–water partition coefficient (Wildman–Crippen LogP) is 3.84. The molecule has 2 fully saturated rings. The van der Waals surface area contributed by atoms with Crippen LogP contribution < -0.4 is 11.3 Å². The first-order chi connectivity index (χ1) is 10.3. The minimum absolute atomic E-state index is 0.192. The number of allylic oxidation sites excluding steroid dienone is 1. The molecule has 3 aliphatic rings. The largest absolute Gasteiger partial charge is 0.375 e. The summed E-state index contributed by atoms with van der Waals surface area (Å²) in [6.45, 7) is 0.932. The standard InChI is InChI=1S/C18H32N2O/c19-20-17(13-15-7-3-1-4-8-15)16-9-12-21-18(14-16)10-5-2-6-11-18/h7,16-17,20H,1-6,8-14,19H2. The number of nitrogens with two attached hydrogens (primary N) is 1. The first kappa shape index (κ1) is 15.5. The minimum Gasteiger partial charge on any atom is -0.375 e. The van der Waals surface area contributed by atoms with Crippen LogP contribution in [0.2, 0.25) is 0 Å². The van der Waals surface area contributed by atoms with Crippen molar-refractivity contribution in [3.63, 3.8) is 0 Å². The Kier molecular flexibility index (Phi) is 5.36. The summed E-state index contributed by atoms with van der Waals surface area (Å²) in [5.41, 5.74) is 4.97. The minimum atomic E-state index is 0.192. The second kappa shape index (κ2) is 7.26. The van der Waals surface area contributed by atoms with Crippen molar-refractivity contribution in [2.45, 2.75) is 88.7 Å². The quantitative estimate of drug-likeness (QED) is 0.470. The zero-order valence-corrected chi connectivity index (χ0v) is 13.4. The SMILES string of the molecule is NNC(CC1=CCCCC1)C1CCOC2(CCCCC2)C1. The molecular weight excluding hydrogens is 260 g/mol. The Morgan fingerprint density at radius 2 is 2.10 bits per heavy atom. The molecule has 2 unspecified atom stereocenters. The van der Waals surface area contributed by atoms with E-state index in [1.54, 1.807) is 5.57 Å². The average molecular weight is 292 g/mol. The normalized spacial score (nSPS) is 30.9. The van der Waals surface area contributed by atoms with Gasteiger partial charge in [0, 0.05) is 12.6 Å². The number of nitrogens with one attached hydrogen (secondary N) is 1. The van der Waals surface area contributed by atoms with Crippen molar-refractivity contribution in [3.8, 4) is 0 Å². The Balaban J connectivity index is 1.61. The topological polar surface area (TPSA) is 47.3 Å². The molecule has 1 heterocycles. The van der Waals surface area contributed by atoms with Crippen molar-refractivity contribution in [2.75, 3.05) is 6.61 Å². The van der Waals surface area contributed by atoms with Gasteiger partial charge in [0.25, 0.3) is 0 Å². The van der Waals surface area contributed by atoms with Crippen LogP contribution in [0.15, 0.2) is 11.6 Å². The number of hydrogen-bond acceptors (Lipinski definition) is 3. The lowest BCUT2D eigenvalue weighted by molar-refractivity contribution is -0.121. The highest BCUT2D eigenvalue weighted by Gasteiger charge is 2.40. The molecule has 0 radical (unpaired) electrons. The Bertz CT molecular complexity index is 355. The molecule has 0 amide bonds. The van der Waals surface area contributed by atoms with Crippen LogP contribution in [-0.4, -0.2) is 18.2 Å². The van der Waals surface area contributed by atoms with E-state index < -0.39 is 0 Å². The molecule has 3 rings (SSSR count). The van der Waals surface area contributed by atoms with Gasteiger partial charge in [-0.25, -0.2) is 0 Å². The molecule has 0 bridgehead atoms. The number of rotatable bonds is 4. The summed E-state index contributed by atoms with van der Waals surface area (Å²) in [5, 5.41) is 0. The van der Waals surface area contributed by atoms with Gasteiger partial charge in [-0.15, -0.1) is 0 Å². The summed E-state index contributed by atoms with van der Waals surface area (Å²) < 4.78 is 6.24. The van der Waals surface area contributed by atoms with E-state index >= 15 is 0 Å². The van der Waals surface area contributed by atoms with Gasteiger partial charge in [0.2, 0.25) is 0 Å². The molecule has 0 aromatic heterocycles. The Labute approximate surface area is 129 Å². The Morgan fingerprint density at radius 1 is 1.24 bits per heavy atom. The summed E-state index contributed by atoms with van der Waals surface area (Å²) >= 11 is 0. The maximum Gasteiger partial charge on any atom is 0.0685 e. The highest BCUT2D eigenvalue weighted by molar-refractivity contribution is 5.08. The summed E-state index contributed by atoms with van der Waals surface area (Å²) in [6, 6.07) is 0.442. The van der Waals surface area contributed by atoms with Crippen LogP contribution in [0.1, 0.15) is 77.0 Å². The molecule has 3 nitrogen and oxygen atoms in total. The first-order valence-corrected chi connectivity index (χ1v) is 9.09. The average Bonchev–Trinajstić information content (AvgIpc) is 2.54. The lowest BCUT2D eigenvalue weighted by Gasteiger charge is -2.45. The molecule has 3 N–H and O–H groups in total. The van der Waals surface area contributed by atoms with Crippen LogP contribution in [0.4, 0.5) is 0 Å². The van der Waals surface area contributed by atoms with E-state index in [0.29, 0.717) is 12.0 Å². The molecule has 0 aromatic carbocycles. The van der Waals surface area contributed by atoms with E-state index in [-0.39, 0.29) is 5.60 Å². The van der Waals surface area contributed by atoms with Crippen LogP contribution >= 0.6 is 0 Å². The highest BCUT2D eigenvalue weighted by Crippen LogP contribution is 2.42. The molecule has 2 aliphatic carbocycles. The van der Waals surface area contributed by atoms with Gasteiger partial charge < -0.3 is 4.74 Å². The van der Waals surface area contributed by atoms with E-state index in [9.17, 15) is 0 Å². The van der Waals surface area contributed by atoms with Gasteiger partial charge in [-0.05, 0) is 63.7 Å². The Hall–Kier alpha value is -0.380. The van der Waals surface area contributed by atoms with Crippen molar-refractivity contribution in [2.24, 2.45) is 11.8 Å². The monoisotopic (exact) mass is 292 g/mol. The van der Waals surface area contributed by atoms with E-state index in [2.05, 4.69) is 11.5 Å². The molecule has 120 valence electrons. The zero-order chi connectivity index (χ0) is 14.5. The third-order valence-electron chi connectivity index (χ3n) is 5.95. The molecule has 0 aromatic rings. The lowest BCUT2D eigenvalue weighted by Crippen LogP contribution is -2.49. The molecular formula is C18H32N2O. The number of hydrazine groups is 1. The number of hydrogen-bond donors (Lipinski definition) is 2. The fraction of sp³-hybridized carbons (Fsp3) is 0.889. The van der Waals surface area contributed by atoms with E-state index in [1.807, 2.05) is 0 Å². The van der Waals surface area contributed by atoms with E-state index in [0.717, 1.165) is 13.0 Å². The summed E-state index contributed by atoms with van der Waals surface area (Å²) in [6.07, 6.45) is 17.9. The molecule has 1 aliphatic heterocycles. The van der Waals surface area contributed by atoms with Crippen molar-refractivity contribution in [3.05, 3.63) is 11.6 Å². The second-order valence-electron chi connectivity index (χ2n) is 7.43. The van der Waals surface area contributed by atoms with Crippen LogP contribution in [-0.2, 0) is 4.74 Å². The summed E-state index contributed by atoms with van der Waals surface area (Å²) in [5.74, 6) is 6.61. The lowest BCUT2D eigenvalue weighted by atomic mass is 9.73. The smallest absolute Gasteiger partial charge is 0.0685 e. The van der Waals surface area contributed by atoms with Crippen molar-refractivity contribution < 1.29 is 4.74 Å². The molecule has 1 spiro atoms. The molecule has 2 atom stereocenters. The van der Waals surface area contributed by atoms with Gasteiger partial charge in [-0.3, -0.25) is 11.3 Å². The summed E-state index contributed by atoms with van der Waals surface area (Å²) in [7, 11) is 0. The zero-order valence-electron chi connectivity index (χ0n) is 13.4. The van der Waals surface area contributed by atoms with Crippen LogP contribution in [0.3, 0.4) is 0 Å². The van der Waals surface area contributed by atoms with Crippen LogP contribution in [0.5, 0.6) is 0 Å². The van der Waals surface area contributed by atoms with Gasteiger partial charge >= 0.3 is 0 Å². The molecule has 1 saturated heterocycles. The first-order valence-electron chi connectivity index (χ1n) is 9.09. The highest BCUT2D eigenvalue weighted by atomic mass is 16.5. The van der Waals surface area contributed by atoms with Crippen molar-refractivity contribution >= 4 is 0 Å². The van der Waals surface area contributed by atoms with Gasteiger partial charge in [0.1, 0.15) is 0 Å². The molecule has 21 heavy (non-hydrogen) atoms. The maximum absolute atomic E-state index is 6.24. The van der Waals surface area contributed by atoms with Crippen LogP contribution in [0, 0.1) is 5.92 Å². The van der Waals surface area contributed by atoms with Crippen molar-refractivity contribution in [1.29, 1.82) is 0 Å². The number of ether oxygens (including phenoxy) is 1. The Morgan fingerprint density at radius 3 is 2.81 bits per heavy atom. The molecule has 3 heteroatoms. The summed E-state index contributed by atoms with van der Waals surface area (Å²) in [4.78, 5) is 0. The van der Waals surface area contributed by atoms with Crippen molar-refractivity contribution in [1.82, 2.24) is 5.43 Å². The van der Waals surface area contributed by atoms with Gasteiger partial charge in [-0.1, -0.05) is 30.9 Å². The fourth-order valence-corrected chi connectivity index (χ4v) is 4.69. The molecule has 1 saturated carbocycles. The second-order valence-corrected chi connectivity index (χ2v) is 7.43. The maximum atomic E-state index is 6.24. The van der Waals surface area contributed by atoms with Gasteiger partial charge in [0.15, 0.2) is 0 Å². The third-order valence-corrected chi connectivity index (χ3v) is 5.95. The predicted molar refractivity (Wildman–Crippen MR) is 86.8 cm³/mol. The van der Waals surface area contributed by atoms with E-state index in [1.165, 1.54) is 70.6 Å².